The molecule has 2 aromatic rings. The van der Waals surface area contributed by atoms with Crippen molar-refractivity contribution in [1.82, 2.24) is 9.91 Å². The third-order valence-electron chi connectivity index (χ3n) is 5.09. The number of ether oxygens (including phenoxy) is 1. The Bertz CT molecular complexity index is 974. The van der Waals surface area contributed by atoms with E-state index in [0.717, 1.165) is 16.8 Å². The van der Waals surface area contributed by atoms with E-state index in [4.69, 9.17) is 16.3 Å². The summed E-state index contributed by atoms with van der Waals surface area (Å²) in [6.45, 7) is 3.57. The number of methoxy groups -OCH3 is 1. The second-order valence-corrected chi connectivity index (χ2v) is 7.98. The predicted molar refractivity (Wildman–Crippen MR) is 118 cm³/mol. The van der Waals surface area contributed by atoms with Crippen LogP contribution >= 0.6 is 11.6 Å². The van der Waals surface area contributed by atoms with Crippen LogP contribution in [-0.2, 0) is 9.59 Å². The van der Waals surface area contributed by atoms with Gasteiger partial charge in [0, 0.05) is 35.5 Å². The van der Waals surface area contributed by atoms with Gasteiger partial charge in [-0.25, -0.2) is 5.01 Å². The lowest BCUT2D eigenvalue weighted by Gasteiger charge is -2.26. The molecule has 2 amide bonds. The van der Waals surface area contributed by atoms with Crippen LogP contribution in [0.1, 0.15) is 37.4 Å². The van der Waals surface area contributed by atoms with Crippen LogP contribution in [0.4, 0.5) is 0 Å². The highest BCUT2D eigenvalue weighted by atomic mass is 35.5. The third-order valence-corrected chi connectivity index (χ3v) is 5.42. The zero-order valence-electron chi connectivity index (χ0n) is 17.6. The van der Waals surface area contributed by atoms with Crippen LogP contribution in [0.3, 0.4) is 0 Å². The van der Waals surface area contributed by atoms with Gasteiger partial charge >= 0.3 is 0 Å². The number of amides is 2. The molecule has 158 valence electrons. The van der Waals surface area contributed by atoms with Crippen LogP contribution in [0.5, 0.6) is 5.75 Å². The number of hydrogen-bond donors (Lipinski definition) is 0. The van der Waals surface area contributed by atoms with Gasteiger partial charge in [-0.1, -0.05) is 61.8 Å². The molecule has 6 nitrogen and oxygen atoms in total. The summed E-state index contributed by atoms with van der Waals surface area (Å²) in [4.78, 5) is 26.9. The smallest absolute Gasteiger partial charge is 0.262 e. The van der Waals surface area contributed by atoms with Gasteiger partial charge in [0.2, 0.25) is 5.91 Å². The molecule has 1 heterocycles. The van der Waals surface area contributed by atoms with E-state index in [2.05, 4.69) is 5.10 Å². The third kappa shape index (κ3) is 4.49. The van der Waals surface area contributed by atoms with E-state index in [1.54, 1.807) is 20.2 Å². The molecule has 1 aliphatic rings. The Morgan fingerprint density at radius 1 is 1.20 bits per heavy atom. The highest BCUT2D eigenvalue weighted by molar-refractivity contribution is 6.34. The van der Waals surface area contributed by atoms with Gasteiger partial charge in [-0.3, -0.25) is 9.59 Å². The SMILES string of the molecule is COc1ccccc1[C@@H]1CC(c2ccccc2Cl)=NN1C(=O)CN(C)C(=O)C(C)C. The van der Waals surface area contributed by atoms with E-state index in [0.29, 0.717) is 17.2 Å². The van der Waals surface area contributed by atoms with Crippen LogP contribution in [0, 0.1) is 5.92 Å². The summed E-state index contributed by atoms with van der Waals surface area (Å²) in [6, 6.07) is 14.7. The second-order valence-electron chi connectivity index (χ2n) is 7.58. The van der Waals surface area contributed by atoms with Crippen molar-refractivity contribution >= 4 is 29.1 Å². The molecule has 2 aromatic carbocycles. The van der Waals surface area contributed by atoms with Crippen molar-refractivity contribution in [2.45, 2.75) is 26.3 Å². The lowest BCUT2D eigenvalue weighted by Crippen LogP contribution is -2.40. The number of likely N-dealkylation sites (N-methyl/N-ethyl adjacent to an activating group) is 1. The van der Waals surface area contributed by atoms with Crippen molar-refractivity contribution in [2.75, 3.05) is 20.7 Å². The molecule has 1 atom stereocenters. The Hall–Kier alpha value is -2.86. The Labute approximate surface area is 182 Å². The number of carbonyl (C=O) groups is 2. The fraction of sp³-hybridized carbons (Fsp3) is 0.348. The minimum absolute atomic E-state index is 0.0536. The minimum atomic E-state index is -0.345. The van der Waals surface area contributed by atoms with Crippen LogP contribution < -0.4 is 4.74 Å². The van der Waals surface area contributed by atoms with E-state index < -0.39 is 0 Å². The monoisotopic (exact) mass is 427 g/mol. The van der Waals surface area contributed by atoms with Gasteiger partial charge in [0.25, 0.3) is 5.91 Å². The maximum atomic E-state index is 13.2. The first-order valence-corrected chi connectivity index (χ1v) is 10.2. The zero-order valence-corrected chi connectivity index (χ0v) is 18.4. The van der Waals surface area contributed by atoms with Gasteiger partial charge in [0.1, 0.15) is 12.3 Å². The van der Waals surface area contributed by atoms with Crippen LogP contribution in [0.25, 0.3) is 0 Å². The molecule has 0 saturated carbocycles. The molecule has 7 heteroatoms. The molecule has 0 N–H and O–H groups in total. The van der Waals surface area contributed by atoms with Gasteiger partial charge in [0.15, 0.2) is 0 Å². The molecule has 30 heavy (non-hydrogen) atoms. The van der Waals surface area contributed by atoms with Crippen LogP contribution in [-0.4, -0.2) is 48.1 Å². The topological polar surface area (TPSA) is 62.2 Å². The maximum Gasteiger partial charge on any atom is 0.262 e. The quantitative estimate of drug-likeness (QED) is 0.696. The number of halogens is 1. The summed E-state index contributed by atoms with van der Waals surface area (Å²) in [5.41, 5.74) is 2.38. The van der Waals surface area contributed by atoms with Crippen LogP contribution in [0.15, 0.2) is 53.6 Å². The molecular formula is C23H26ClN3O3. The van der Waals surface area contributed by atoms with Crippen molar-refractivity contribution < 1.29 is 14.3 Å². The normalized spacial score (nSPS) is 15.9. The first kappa shape index (κ1) is 21.8. The van der Waals surface area contributed by atoms with Crippen molar-refractivity contribution in [3.05, 3.63) is 64.7 Å². The summed E-state index contributed by atoms with van der Waals surface area (Å²) < 4.78 is 5.52. The Morgan fingerprint density at radius 2 is 1.87 bits per heavy atom. The summed E-state index contributed by atoms with van der Waals surface area (Å²) in [6.07, 6.45) is 0.498. The molecule has 0 unspecified atom stereocenters. The fourth-order valence-corrected chi connectivity index (χ4v) is 3.82. The van der Waals surface area contributed by atoms with Gasteiger partial charge in [-0.15, -0.1) is 0 Å². The van der Waals surface area contributed by atoms with Gasteiger partial charge in [-0.05, 0) is 12.1 Å². The minimum Gasteiger partial charge on any atom is -0.496 e. The molecule has 1 aliphatic heterocycles. The van der Waals surface area contributed by atoms with E-state index in [-0.39, 0.29) is 30.3 Å². The predicted octanol–water partition coefficient (Wildman–Crippen LogP) is 4.14. The molecule has 0 fully saturated rings. The van der Waals surface area contributed by atoms with Crippen molar-refractivity contribution in [3.8, 4) is 5.75 Å². The molecule has 0 bridgehead atoms. The van der Waals surface area contributed by atoms with Crippen LogP contribution in [0.2, 0.25) is 5.02 Å². The van der Waals surface area contributed by atoms with Crippen molar-refractivity contribution in [1.29, 1.82) is 0 Å². The number of benzene rings is 2. The lowest BCUT2D eigenvalue weighted by molar-refractivity contribution is -0.142. The molecule has 0 radical (unpaired) electrons. The summed E-state index contributed by atoms with van der Waals surface area (Å²) >= 11 is 6.38. The number of para-hydroxylation sites is 1. The van der Waals surface area contributed by atoms with E-state index >= 15 is 0 Å². The molecule has 0 spiro atoms. The molecule has 3 rings (SSSR count). The van der Waals surface area contributed by atoms with E-state index in [1.165, 1.54) is 9.91 Å². The average molecular weight is 428 g/mol. The van der Waals surface area contributed by atoms with E-state index in [9.17, 15) is 9.59 Å². The van der Waals surface area contributed by atoms with Gasteiger partial charge in [0.05, 0.1) is 18.9 Å². The number of hydrazone groups is 1. The molecule has 0 aliphatic carbocycles. The summed E-state index contributed by atoms with van der Waals surface area (Å²) in [5, 5.41) is 6.67. The Morgan fingerprint density at radius 3 is 2.53 bits per heavy atom. The largest absolute Gasteiger partial charge is 0.496 e. The van der Waals surface area contributed by atoms with Gasteiger partial charge < -0.3 is 9.64 Å². The highest BCUT2D eigenvalue weighted by Crippen LogP contribution is 2.38. The number of carbonyl (C=O) groups excluding carboxylic acids is 2. The zero-order chi connectivity index (χ0) is 21.8. The first-order chi connectivity index (χ1) is 14.3. The Kier molecular flexibility index (Phi) is 6.77. The average Bonchev–Trinajstić information content (AvgIpc) is 3.18. The van der Waals surface area contributed by atoms with Gasteiger partial charge in [-0.2, -0.15) is 5.10 Å². The summed E-state index contributed by atoms with van der Waals surface area (Å²) in [7, 11) is 3.23. The number of hydrogen-bond acceptors (Lipinski definition) is 4. The molecule has 0 aromatic heterocycles. The standard InChI is InChI=1S/C23H26ClN3O3/c1-15(2)23(29)26(3)14-22(28)27-20(17-10-6-8-12-21(17)30-4)13-19(25-27)16-9-5-7-11-18(16)24/h5-12,15,20H,13-14H2,1-4H3/t20-/m0/s1. The first-order valence-electron chi connectivity index (χ1n) is 9.85. The number of rotatable bonds is 6. The molecular weight excluding hydrogens is 402 g/mol. The van der Waals surface area contributed by atoms with E-state index in [1.807, 2.05) is 56.3 Å². The Balaban J connectivity index is 1.96. The van der Waals surface area contributed by atoms with Crippen molar-refractivity contribution in [2.24, 2.45) is 11.0 Å². The number of nitrogens with zero attached hydrogens (tertiary/aromatic N) is 3. The maximum absolute atomic E-state index is 13.2. The van der Waals surface area contributed by atoms with Crippen molar-refractivity contribution in [3.63, 3.8) is 0 Å². The highest BCUT2D eigenvalue weighted by Gasteiger charge is 2.36. The summed E-state index contributed by atoms with van der Waals surface area (Å²) in [5.74, 6) is 0.146. The second kappa shape index (κ2) is 9.30. The fourth-order valence-electron chi connectivity index (χ4n) is 3.58. The molecule has 0 saturated heterocycles. The lowest BCUT2D eigenvalue weighted by atomic mass is 9.97.